The molecule has 84 valence electrons. The third kappa shape index (κ3) is 4.30. The Balaban J connectivity index is 2.54. The van der Waals surface area contributed by atoms with E-state index in [4.69, 9.17) is 0 Å². The van der Waals surface area contributed by atoms with Crippen molar-refractivity contribution in [3.05, 3.63) is 23.5 Å². The van der Waals surface area contributed by atoms with Crippen molar-refractivity contribution in [2.75, 3.05) is 13.1 Å². The van der Waals surface area contributed by atoms with Gasteiger partial charge in [-0.15, -0.1) is 0 Å². The first-order valence-corrected chi connectivity index (χ1v) is 5.66. The van der Waals surface area contributed by atoms with E-state index in [1.165, 1.54) is 11.1 Å². The van der Waals surface area contributed by atoms with E-state index in [1.54, 1.807) is 0 Å². The lowest BCUT2D eigenvalue weighted by atomic mass is 10.2. The summed E-state index contributed by atoms with van der Waals surface area (Å²) < 4.78 is 1.99. The predicted octanol–water partition coefficient (Wildman–Crippen LogP) is 2.31. The second-order valence-electron chi connectivity index (χ2n) is 3.81. The van der Waals surface area contributed by atoms with Gasteiger partial charge < -0.3 is 5.32 Å². The molecule has 1 aromatic rings. The van der Waals surface area contributed by atoms with Crippen LogP contribution >= 0.6 is 0 Å². The van der Waals surface area contributed by atoms with E-state index in [-0.39, 0.29) is 0 Å². The number of aromatic nitrogens is 2. The summed E-state index contributed by atoms with van der Waals surface area (Å²) in [5.74, 6) is 0. The molecule has 1 N–H and O–H groups in total. The molecule has 0 saturated heterocycles. The van der Waals surface area contributed by atoms with Crippen LogP contribution in [0.5, 0.6) is 0 Å². The second kappa shape index (κ2) is 6.40. The van der Waals surface area contributed by atoms with Crippen molar-refractivity contribution in [1.29, 1.82) is 0 Å². The van der Waals surface area contributed by atoms with E-state index < -0.39 is 0 Å². The molecule has 0 aromatic carbocycles. The quantitative estimate of drug-likeness (QED) is 0.775. The van der Waals surface area contributed by atoms with Crippen LogP contribution in [-0.4, -0.2) is 22.9 Å². The topological polar surface area (TPSA) is 29.9 Å². The first kappa shape index (κ1) is 12.0. The van der Waals surface area contributed by atoms with Crippen molar-refractivity contribution >= 4 is 6.08 Å². The van der Waals surface area contributed by atoms with Crippen LogP contribution in [0.1, 0.15) is 32.8 Å². The molecule has 0 aliphatic heterocycles. The maximum Gasteiger partial charge on any atom is 0.0562 e. The van der Waals surface area contributed by atoms with E-state index in [2.05, 4.69) is 43.5 Å². The molecule has 15 heavy (non-hydrogen) atoms. The largest absolute Gasteiger partial charge is 0.313 e. The van der Waals surface area contributed by atoms with Gasteiger partial charge in [-0.25, -0.2) is 0 Å². The summed E-state index contributed by atoms with van der Waals surface area (Å²) in [5, 5.41) is 7.60. The Hall–Kier alpha value is -1.09. The Morgan fingerprint density at radius 1 is 1.53 bits per heavy atom. The van der Waals surface area contributed by atoms with E-state index in [0.29, 0.717) is 0 Å². The van der Waals surface area contributed by atoms with Crippen molar-refractivity contribution in [2.24, 2.45) is 0 Å². The van der Waals surface area contributed by atoms with Crippen LogP contribution in [0.3, 0.4) is 0 Å². The predicted molar refractivity (Wildman–Crippen MR) is 64.7 cm³/mol. The lowest BCUT2D eigenvalue weighted by molar-refractivity contribution is 0.602. The number of rotatable bonds is 6. The maximum absolute atomic E-state index is 4.29. The van der Waals surface area contributed by atoms with Crippen molar-refractivity contribution in [1.82, 2.24) is 15.1 Å². The van der Waals surface area contributed by atoms with Crippen LogP contribution < -0.4 is 5.32 Å². The molecule has 0 bridgehead atoms. The molecule has 0 aliphatic rings. The number of nitrogens with zero attached hydrogens (tertiary/aromatic N) is 2. The monoisotopic (exact) mass is 207 g/mol. The fourth-order valence-electron chi connectivity index (χ4n) is 1.46. The standard InChI is InChI=1S/C12H21N3/c1-4-6-15-10-12(9-14-15)7-11(3)8-13-5-2/h7,9-10,13H,4-6,8H2,1-3H3/b11-7-. The minimum absolute atomic E-state index is 0.954. The van der Waals surface area contributed by atoms with Gasteiger partial charge in [-0.1, -0.05) is 25.5 Å². The van der Waals surface area contributed by atoms with Gasteiger partial charge in [-0.3, -0.25) is 4.68 Å². The van der Waals surface area contributed by atoms with Gasteiger partial charge in [-0.05, 0) is 19.9 Å². The molecule has 0 spiro atoms. The number of likely N-dealkylation sites (N-methyl/N-ethyl adjacent to an activating group) is 1. The van der Waals surface area contributed by atoms with E-state index in [0.717, 1.165) is 26.1 Å². The molecule has 3 nitrogen and oxygen atoms in total. The van der Waals surface area contributed by atoms with E-state index >= 15 is 0 Å². The van der Waals surface area contributed by atoms with Gasteiger partial charge in [-0.2, -0.15) is 5.10 Å². The van der Waals surface area contributed by atoms with E-state index in [1.807, 2.05) is 10.9 Å². The van der Waals surface area contributed by atoms with Gasteiger partial charge in [0.2, 0.25) is 0 Å². The minimum atomic E-state index is 0.954. The molecule has 1 rings (SSSR count). The molecule has 0 atom stereocenters. The van der Waals surface area contributed by atoms with Crippen LogP contribution in [0, 0.1) is 0 Å². The van der Waals surface area contributed by atoms with Crippen molar-refractivity contribution in [3.8, 4) is 0 Å². The summed E-state index contributed by atoms with van der Waals surface area (Å²) >= 11 is 0. The highest BCUT2D eigenvalue weighted by Gasteiger charge is 1.95. The maximum atomic E-state index is 4.29. The molecule has 0 amide bonds. The Kier molecular flexibility index (Phi) is 5.12. The fraction of sp³-hybridized carbons (Fsp3) is 0.583. The summed E-state index contributed by atoms with van der Waals surface area (Å²) in [6, 6.07) is 0. The summed E-state index contributed by atoms with van der Waals surface area (Å²) in [7, 11) is 0. The van der Waals surface area contributed by atoms with Gasteiger partial charge in [0.25, 0.3) is 0 Å². The summed E-state index contributed by atoms with van der Waals surface area (Å²) in [6.45, 7) is 9.38. The summed E-state index contributed by atoms with van der Waals surface area (Å²) in [5.41, 5.74) is 2.53. The van der Waals surface area contributed by atoms with Gasteiger partial charge >= 0.3 is 0 Å². The Morgan fingerprint density at radius 2 is 2.33 bits per heavy atom. The van der Waals surface area contributed by atoms with Crippen molar-refractivity contribution < 1.29 is 0 Å². The van der Waals surface area contributed by atoms with Gasteiger partial charge in [0.05, 0.1) is 6.20 Å². The number of aryl methyl sites for hydroxylation is 1. The van der Waals surface area contributed by atoms with Crippen LogP contribution in [0.25, 0.3) is 6.08 Å². The Morgan fingerprint density at radius 3 is 3.00 bits per heavy atom. The highest BCUT2D eigenvalue weighted by Crippen LogP contribution is 2.05. The Labute approximate surface area is 92.2 Å². The van der Waals surface area contributed by atoms with Crippen LogP contribution in [0.4, 0.5) is 0 Å². The van der Waals surface area contributed by atoms with Gasteiger partial charge in [0, 0.05) is 24.8 Å². The molecular weight excluding hydrogens is 186 g/mol. The zero-order chi connectivity index (χ0) is 11.1. The third-order valence-electron chi connectivity index (χ3n) is 2.17. The molecule has 0 radical (unpaired) electrons. The van der Waals surface area contributed by atoms with Crippen molar-refractivity contribution in [2.45, 2.75) is 33.7 Å². The molecule has 1 aromatic heterocycles. The molecule has 1 heterocycles. The molecule has 0 fully saturated rings. The molecule has 0 aliphatic carbocycles. The summed E-state index contributed by atoms with van der Waals surface area (Å²) in [4.78, 5) is 0. The highest BCUT2D eigenvalue weighted by molar-refractivity contribution is 5.50. The van der Waals surface area contributed by atoms with Crippen LogP contribution in [0.2, 0.25) is 0 Å². The average molecular weight is 207 g/mol. The van der Waals surface area contributed by atoms with Crippen molar-refractivity contribution in [3.63, 3.8) is 0 Å². The zero-order valence-corrected chi connectivity index (χ0v) is 9.95. The van der Waals surface area contributed by atoms with Crippen LogP contribution in [0.15, 0.2) is 18.0 Å². The lowest BCUT2D eigenvalue weighted by Crippen LogP contribution is -2.14. The minimum Gasteiger partial charge on any atom is -0.313 e. The zero-order valence-electron chi connectivity index (χ0n) is 9.95. The molecule has 0 saturated carbocycles. The van der Waals surface area contributed by atoms with E-state index in [9.17, 15) is 0 Å². The van der Waals surface area contributed by atoms with Gasteiger partial charge in [0.1, 0.15) is 0 Å². The first-order chi connectivity index (χ1) is 7.26. The first-order valence-electron chi connectivity index (χ1n) is 5.66. The number of nitrogens with one attached hydrogen (secondary N) is 1. The van der Waals surface area contributed by atoms with Gasteiger partial charge in [0.15, 0.2) is 0 Å². The highest BCUT2D eigenvalue weighted by atomic mass is 15.3. The Bertz CT molecular complexity index is 312. The lowest BCUT2D eigenvalue weighted by Gasteiger charge is -2.00. The number of hydrogen-bond acceptors (Lipinski definition) is 2. The molecule has 3 heteroatoms. The summed E-state index contributed by atoms with van der Waals surface area (Å²) in [6.07, 6.45) is 7.33. The SMILES string of the molecule is CCCn1cc(/C=C(/C)CNCC)cn1. The third-order valence-corrected chi connectivity index (χ3v) is 2.17. The normalized spacial score (nSPS) is 12.1. The smallest absolute Gasteiger partial charge is 0.0562 e. The van der Waals surface area contributed by atoms with Crippen LogP contribution in [-0.2, 0) is 6.54 Å². The number of hydrogen-bond donors (Lipinski definition) is 1. The molecular formula is C12H21N3. The molecule has 0 unspecified atom stereocenters. The second-order valence-corrected chi connectivity index (χ2v) is 3.81. The average Bonchev–Trinajstić information content (AvgIpc) is 2.63. The fourth-order valence-corrected chi connectivity index (χ4v) is 1.46.